The van der Waals surface area contributed by atoms with Crippen LogP contribution in [0.1, 0.15) is 17.7 Å². The van der Waals surface area contributed by atoms with Crippen LogP contribution < -0.4 is 10.1 Å². The number of nitrogens with zero attached hydrogens (tertiary/aromatic N) is 2. The first-order chi connectivity index (χ1) is 8.50. The first kappa shape index (κ1) is 12.6. The van der Waals surface area contributed by atoms with Crippen molar-refractivity contribution < 1.29 is 17.9 Å². The van der Waals surface area contributed by atoms with Crippen molar-refractivity contribution in [3.8, 4) is 11.9 Å². The molecule has 7 heteroatoms. The average molecular weight is 257 g/mol. The van der Waals surface area contributed by atoms with Crippen molar-refractivity contribution in [1.82, 2.24) is 10.3 Å². The van der Waals surface area contributed by atoms with E-state index >= 15 is 0 Å². The number of rotatable bonds is 2. The Morgan fingerprint density at radius 3 is 2.78 bits per heavy atom. The molecule has 0 spiro atoms. The Bertz CT molecular complexity index is 475. The van der Waals surface area contributed by atoms with Gasteiger partial charge >= 0.3 is 6.18 Å². The predicted octanol–water partition coefficient (Wildman–Crippen LogP) is 1.71. The molecule has 2 heterocycles. The summed E-state index contributed by atoms with van der Waals surface area (Å²) in [5.74, 6) is -0.249. The van der Waals surface area contributed by atoms with Crippen LogP contribution in [0.5, 0.6) is 5.88 Å². The van der Waals surface area contributed by atoms with Gasteiger partial charge in [0, 0.05) is 6.54 Å². The summed E-state index contributed by atoms with van der Waals surface area (Å²) < 4.78 is 42.8. The zero-order chi connectivity index (χ0) is 13.2. The van der Waals surface area contributed by atoms with Crippen molar-refractivity contribution in [3.05, 3.63) is 23.4 Å². The van der Waals surface area contributed by atoms with Crippen LogP contribution in [0.2, 0.25) is 0 Å². The van der Waals surface area contributed by atoms with Crippen LogP contribution in [0.3, 0.4) is 0 Å². The highest BCUT2D eigenvalue weighted by Crippen LogP contribution is 2.30. The molecule has 18 heavy (non-hydrogen) atoms. The maximum atomic E-state index is 12.5. The number of hydrogen-bond donors (Lipinski definition) is 1. The van der Waals surface area contributed by atoms with E-state index in [0.29, 0.717) is 13.0 Å². The topological polar surface area (TPSA) is 57.9 Å². The molecule has 1 N–H and O–H groups in total. The van der Waals surface area contributed by atoms with E-state index in [-0.39, 0.29) is 17.5 Å². The fraction of sp³-hybridized carbons (Fsp3) is 0.455. The van der Waals surface area contributed by atoms with Crippen LogP contribution >= 0.6 is 0 Å². The summed E-state index contributed by atoms with van der Waals surface area (Å²) in [5, 5.41) is 11.8. The third kappa shape index (κ3) is 2.71. The summed E-state index contributed by atoms with van der Waals surface area (Å²) in [5.41, 5.74) is -1.04. The SMILES string of the molecule is N#Cc1ccc(C(F)(F)F)nc1OC1CCNC1. The summed E-state index contributed by atoms with van der Waals surface area (Å²) >= 11 is 0. The Balaban J connectivity index is 2.28. The lowest BCUT2D eigenvalue weighted by Crippen LogP contribution is -2.21. The van der Waals surface area contributed by atoms with Gasteiger partial charge in [-0.05, 0) is 25.1 Å². The largest absolute Gasteiger partial charge is 0.472 e. The predicted molar refractivity (Wildman–Crippen MR) is 55.9 cm³/mol. The molecule has 1 unspecified atom stereocenters. The molecule has 0 amide bonds. The number of halogens is 3. The minimum atomic E-state index is -4.54. The highest BCUT2D eigenvalue weighted by atomic mass is 19.4. The molecule has 0 saturated carbocycles. The van der Waals surface area contributed by atoms with Gasteiger partial charge in [0.05, 0.1) is 0 Å². The normalized spacial score (nSPS) is 19.6. The van der Waals surface area contributed by atoms with Crippen LogP contribution in [-0.4, -0.2) is 24.2 Å². The molecule has 0 aromatic carbocycles. The second-order valence-corrected chi connectivity index (χ2v) is 3.89. The molecular weight excluding hydrogens is 247 g/mol. The number of ether oxygens (including phenoxy) is 1. The average Bonchev–Trinajstić information content (AvgIpc) is 2.80. The van der Waals surface area contributed by atoms with Crippen LogP contribution in [0.15, 0.2) is 12.1 Å². The van der Waals surface area contributed by atoms with Crippen LogP contribution in [-0.2, 0) is 6.18 Å². The quantitative estimate of drug-likeness (QED) is 0.876. The fourth-order valence-corrected chi connectivity index (χ4v) is 1.66. The van der Waals surface area contributed by atoms with Gasteiger partial charge in [0.25, 0.3) is 0 Å². The molecule has 1 aliphatic heterocycles. The number of nitrogens with one attached hydrogen (secondary N) is 1. The molecule has 4 nitrogen and oxygen atoms in total. The molecule has 2 rings (SSSR count). The third-order valence-corrected chi connectivity index (χ3v) is 2.56. The van der Waals surface area contributed by atoms with Gasteiger partial charge in [0.2, 0.25) is 5.88 Å². The third-order valence-electron chi connectivity index (χ3n) is 2.56. The summed E-state index contributed by atoms with van der Waals surface area (Å²) in [4.78, 5) is 3.38. The smallest absolute Gasteiger partial charge is 0.433 e. The number of hydrogen-bond acceptors (Lipinski definition) is 4. The molecular formula is C11H10F3N3O. The molecule has 96 valence electrons. The minimum Gasteiger partial charge on any atom is -0.472 e. The van der Waals surface area contributed by atoms with Crippen molar-refractivity contribution in [2.24, 2.45) is 0 Å². The van der Waals surface area contributed by atoms with Crippen molar-refractivity contribution >= 4 is 0 Å². The minimum absolute atomic E-state index is 0.00917. The van der Waals surface area contributed by atoms with Crippen molar-refractivity contribution in [3.63, 3.8) is 0 Å². The van der Waals surface area contributed by atoms with Crippen LogP contribution in [0, 0.1) is 11.3 Å². The van der Waals surface area contributed by atoms with Crippen LogP contribution in [0.25, 0.3) is 0 Å². The summed E-state index contributed by atoms with van der Waals surface area (Å²) in [6.07, 6.45) is -4.10. The Hall–Kier alpha value is -1.81. The Morgan fingerprint density at radius 2 is 2.22 bits per heavy atom. The molecule has 0 radical (unpaired) electrons. The lowest BCUT2D eigenvalue weighted by Gasteiger charge is -2.14. The van der Waals surface area contributed by atoms with Crippen molar-refractivity contribution in [2.45, 2.75) is 18.7 Å². The fourth-order valence-electron chi connectivity index (χ4n) is 1.66. The number of nitriles is 1. The summed E-state index contributed by atoms with van der Waals surface area (Å²) in [6, 6.07) is 3.63. The second kappa shape index (κ2) is 4.82. The highest BCUT2D eigenvalue weighted by Gasteiger charge is 2.33. The Labute approximate surface area is 101 Å². The van der Waals surface area contributed by atoms with E-state index in [4.69, 9.17) is 10.00 Å². The molecule has 0 bridgehead atoms. The van der Waals surface area contributed by atoms with E-state index in [2.05, 4.69) is 10.3 Å². The lowest BCUT2D eigenvalue weighted by molar-refractivity contribution is -0.141. The van der Waals surface area contributed by atoms with Gasteiger partial charge in [0.1, 0.15) is 23.4 Å². The van der Waals surface area contributed by atoms with Gasteiger partial charge < -0.3 is 10.1 Å². The maximum absolute atomic E-state index is 12.5. The van der Waals surface area contributed by atoms with Crippen LogP contribution in [0.4, 0.5) is 13.2 Å². The summed E-state index contributed by atoms with van der Waals surface area (Å²) in [6.45, 7) is 1.29. The molecule has 1 aromatic heterocycles. The van der Waals surface area contributed by atoms with E-state index < -0.39 is 11.9 Å². The van der Waals surface area contributed by atoms with E-state index in [1.54, 1.807) is 6.07 Å². The first-order valence-corrected chi connectivity index (χ1v) is 5.36. The van der Waals surface area contributed by atoms with E-state index in [9.17, 15) is 13.2 Å². The molecule has 1 aliphatic rings. The van der Waals surface area contributed by atoms with Gasteiger partial charge in [-0.2, -0.15) is 18.4 Å². The second-order valence-electron chi connectivity index (χ2n) is 3.89. The summed E-state index contributed by atoms with van der Waals surface area (Å²) in [7, 11) is 0. The Kier molecular flexibility index (Phi) is 3.39. The van der Waals surface area contributed by atoms with E-state index in [1.807, 2.05) is 0 Å². The van der Waals surface area contributed by atoms with E-state index in [1.165, 1.54) is 0 Å². The lowest BCUT2D eigenvalue weighted by atomic mass is 10.2. The van der Waals surface area contributed by atoms with Crippen molar-refractivity contribution in [1.29, 1.82) is 5.26 Å². The molecule has 1 aromatic rings. The zero-order valence-electron chi connectivity index (χ0n) is 9.29. The molecule has 1 saturated heterocycles. The van der Waals surface area contributed by atoms with Gasteiger partial charge in [-0.3, -0.25) is 0 Å². The molecule has 0 aliphatic carbocycles. The van der Waals surface area contributed by atoms with Gasteiger partial charge in [0.15, 0.2) is 0 Å². The maximum Gasteiger partial charge on any atom is 0.433 e. The van der Waals surface area contributed by atoms with E-state index in [0.717, 1.165) is 18.7 Å². The Morgan fingerprint density at radius 1 is 1.44 bits per heavy atom. The number of pyridine rings is 1. The zero-order valence-corrected chi connectivity index (χ0v) is 9.29. The first-order valence-electron chi connectivity index (χ1n) is 5.36. The number of alkyl halides is 3. The van der Waals surface area contributed by atoms with Crippen molar-refractivity contribution in [2.75, 3.05) is 13.1 Å². The van der Waals surface area contributed by atoms with Gasteiger partial charge in [-0.15, -0.1) is 0 Å². The van der Waals surface area contributed by atoms with Gasteiger partial charge in [-0.25, -0.2) is 4.98 Å². The molecule has 1 fully saturated rings. The number of aromatic nitrogens is 1. The van der Waals surface area contributed by atoms with Gasteiger partial charge in [-0.1, -0.05) is 0 Å². The standard InChI is InChI=1S/C11H10F3N3O/c12-11(13,14)9-2-1-7(5-15)10(17-9)18-8-3-4-16-6-8/h1-2,8,16H,3-4,6H2. The monoisotopic (exact) mass is 257 g/mol. The highest BCUT2D eigenvalue weighted by molar-refractivity contribution is 5.39. The molecule has 1 atom stereocenters.